The van der Waals surface area contributed by atoms with Crippen LogP contribution in [0, 0.1) is 5.41 Å². The molecule has 118 valence electrons. The lowest BCUT2D eigenvalue weighted by atomic mass is 9.67. The smallest absolute Gasteiger partial charge is 0.0215 e. The van der Waals surface area contributed by atoms with Crippen LogP contribution in [0.4, 0.5) is 0 Å². The summed E-state index contributed by atoms with van der Waals surface area (Å²) in [6, 6.07) is 0.210. The van der Waals surface area contributed by atoms with E-state index >= 15 is 0 Å². The second kappa shape index (κ2) is 9.41. The molecule has 0 fully saturated rings. The molecule has 21 heavy (non-hydrogen) atoms. The van der Waals surface area contributed by atoms with Gasteiger partial charge in [-0.2, -0.15) is 0 Å². The standard InChI is InChI=1S/C19H32N2/c1-8-11-16(5)19(10-3,13-12-15(4)9-2)18(21-7)14-17(6)20/h8-9,11,18,21H,2,4-6,10,12-14,20H2,1,3,7H3/b11-8-. The Morgan fingerprint density at radius 1 is 1.33 bits per heavy atom. The summed E-state index contributed by atoms with van der Waals surface area (Å²) in [5, 5.41) is 3.42. The molecule has 0 aromatic carbocycles. The van der Waals surface area contributed by atoms with E-state index in [0.717, 1.165) is 36.8 Å². The second-order valence-corrected chi connectivity index (χ2v) is 5.60. The Kier molecular flexibility index (Phi) is 8.72. The van der Waals surface area contributed by atoms with Crippen LogP contribution in [0.25, 0.3) is 0 Å². The van der Waals surface area contributed by atoms with Crippen LogP contribution in [-0.2, 0) is 0 Å². The van der Waals surface area contributed by atoms with Gasteiger partial charge in [-0.3, -0.25) is 0 Å². The molecule has 0 saturated heterocycles. The number of nitrogens with one attached hydrogen (secondary N) is 1. The third-order valence-electron chi connectivity index (χ3n) is 4.30. The van der Waals surface area contributed by atoms with Gasteiger partial charge in [0.25, 0.3) is 0 Å². The van der Waals surface area contributed by atoms with Crippen molar-refractivity contribution in [3.05, 3.63) is 61.4 Å². The van der Waals surface area contributed by atoms with E-state index in [0.29, 0.717) is 5.70 Å². The lowest BCUT2D eigenvalue weighted by molar-refractivity contribution is 0.223. The van der Waals surface area contributed by atoms with Crippen molar-refractivity contribution in [1.29, 1.82) is 0 Å². The summed E-state index contributed by atoms with van der Waals surface area (Å²) >= 11 is 0. The van der Waals surface area contributed by atoms with Crippen molar-refractivity contribution in [2.45, 2.75) is 45.6 Å². The predicted molar refractivity (Wildman–Crippen MR) is 96.0 cm³/mol. The third-order valence-corrected chi connectivity index (χ3v) is 4.30. The average molecular weight is 288 g/mol. The maximum Gasteiger partial charge on any atom is 0.0215 e. The van der Waals surface area contributed by atoms with Gasteiger partial charge in [0.1, 0.15) is 0 Å². The minimum Gasteiger partial charge on any atom is -0.402 e. The van der Waals surface area contributed by atoms with Gasteiger partial charge in [-0.1, -0.05) is 57.0 Å². The molecule has 0 aliphatic rings. The number of hydrogen-bond acceptors (Lipinski definition) is 2. The molecule has 0 aliphatic carbocycles. The third kappa shape index (κ3) is 5.39. The second-order valence-electron chi connectivity index (χ2n) is 5.60. The maximum atomic E-state index is 5.86. The monoisotopic (exact) mass is 288 g/mol. The molecule has 2 unspecified atom stereocenters. The molecule has 0 aliphatic heterocycles. The van der Waals surface area contributed by atoms with Gasteiger partial charge in [-0.25, -0.2) is 0 Å². The lowest BCUT2D eigenvalue weighted by Crippen LogP contribution is -2.45. The summed E-state index contributed by atoms with van der Waals surface area (Å²) in [6.45, 7) is 20.2. The molecule has 0 radical (unpaired) electrons. The molecule has 0 amide bonds. The zero-order valence-corrected chi connectivity index (χ0v) is 14.0. The van der Waals surface area contributed by atoms with Gasteiger partial charge in [-0.05, 0) is 38.8 Å². The predicted octanol–water partition coefficient (Wildman–Crippen LogP) is 4.49. The number of nitrogens with two attached hydrogens (primary N) is 1. The summed E-state index contributed by atoms with van der Waals surface area (Å²) < 4.78 is 0. The molecule has 0 spiro atoms. The molecule has 0 aromatic heterocycles. The maximum absolute atomic E-state index is 5.86. The number of hydrogen-bond donors (Lipinski definition) is 2. The van der Waals surface area contributed by atoms with Crippen LogP contribution in [0.5, 0.6) is 0 Å². The first-order valence-corrected chi connectivity index (χ1v) is 7.60. The quantitative estimate of drug-likeness (QED) is 0.550. The zero-order valence-electron chi connectivity index (χ0n) is 14.0. The molecule has 3 N–H and O–H groups in total. The van der Waals surface area contributed by atoms with E-state index in [1.54, 1.807) is 0 Å². The van der Waals surface area contributed by atoms with Crippen LogP contribution in [0.15, 0.2) is 61.4 Å². The van der Waals surface area contributed by atoms with Crippen molar-refractivity contribution in [3.63, 3.8) is 0 Å². The Hall–Kier alpha value is -1.54. The largest absolute Gasteiger partial charge is 0.402 e. The molecular formula is C19H32N2. The van der Waals surface area contributed by atoms with Gasteiger partial charge >= 0.3 is 0 Å². The van der Waals surface area contributed by atoms with Gasteiger partial charge in [-0.15, -0.1) is 0 Å². The van der Waals surface area contributed by atoms with Crippen LogP contribution in [0.1, 0.15) is 39.5 Å². The molecule has 2 atom stereocenters. The van der Waals surface area contributed by atoms with E-state index in [2.05, 4.69) is 44.6 Å². The highest BCUT2D eigenvalue weighted by Gasteiger charge is 2.37. The van der Waals surface area contributed by atoms with Crippen molar-refractivity contribution in [3.8, 4) is 0 Å². The first-order chi connectivity index (χ1) is 9.87. The van der Waals surface area contributed by atoms with Crippen LogP contribution in [0.3, 0.4) is 0 Å². The number of allylic oxidation sites excluding steroid dienone is 4. The fourth-order valence-corrected chi connectivity index (χ4v) is 2.90. The minimum atomic E-state index is -0.0600. The molecule has 2 nitrogen and oxygen atoms in total. The molecule has 0 bridgehead atoms. The zero-order chi connectivity index (χ0) is 16.5. The lowest BCUT2D eigenvalue weighted by Gasteiger charge is -2.42. The van der Waals surface area contributed by atoms with E-state index in [1.807, 2.05) is 26.1 Å². The fraction of sp³-hybridized carbons (Fsp3) is 0.474. The average Bonchev–Trinajstić information content (AvgIpc) is 2.46. The summed E-state index contributed by atoms with van der Waals surface area (Å²) in [5.74, 6) is 0. The Morgan fingerprint density at radius 3 is 2.33 bits per heavy atom. The highest BCUT2D eigenvalue weighted by molar-refractivity contribution is 5.28. The molecular weight excluding hydrogens is 256 g/mol. The highest BCUT2D eigenvalue weighted by atomic mass is 14.9. The number of rotatable bonds is 11. The van der Waals surface area contributed by atoms with Crippen molar-refractivity contribution in [2.75, 3.05) is 7.05 Å². The van der Waals surface area contributed by atoms with Crippen molar-refractivity contribution >= 4 is 0 Å². The Balaban J connectivity index is 5.55. The van der Waals surface area contributed by atoms with Crippen LogP contribution >= 0.6 is 0 Å². The SMILES string of the molecule is C=CC(=C)CCC(CC)(C(=C)/C=C\C)C(CC(=C)N)NC. The first-order valence-electron chi connectivity index (χ1n) is 7.60. The van der Waals surface area contributed by atoms with Crippen LogP contribution in [-0.4, -0.2) is 13.1 Å². The molecule has 0 heterocycles. The Bertz CT molecular complexity index is 417. The van der Waals surface area contributed by atoms with Crippen molar-refractivity contribution in [2.24, 2.45) is 11.1 Å². The first kappa shape index (κ1) is 19.5. The van der Waals surface area contributed by atoms with Crippen molar-refractivity contribution in [1.82, 2.24) is 5.32 Å². The van der Waals surface area contributed by atoms with E-state index < -0.39 is 0 Å². The fourth-order valence-electron chi connectivity index (χ4n) is 2.90. The molecule has 0 rings (SSSR count). The van der Waals surface area contributed by atoms with Crippen LogP contribution < -0.4 is 11.1 Å². The molecule has 0 saturated carbocycles. The molecule has 0 aromatic rings. The van der Waals surface area contributed by atoms with Gasteiger partial charge in [0.05, 0.1) is 0 Å². The normalized spacial score (nSPS) is 15.4. The van der Waals surface area contributed by atoms with Crippen molar-refractivity contribution < 1.29 is 0 Å². The van der Waals surface area contributed by atoms with Gasteiger partial charge in [0.15, 0.2) is 0 Å². The summed E-state index contributed by atoms with van der Waals surface area (Å²) in [7, 11) is 1.98. The van der Waals surface area contributed by atoms with E-state index in [-0.39, 0.29) is 11.5 Å². The highest BCUT2D eigenvalue weighted by Crippen LogP contribution is 2.42. The summed E-state index contributed by atoms with van der Waals surface area (Å²) in [5.41, 5.74) is 8.69. The van der Waals surface area contributed by atoms with Crippen LogP contribution in [0.2, 0.25) is 0 Å². The summed E-state index contributed by atoms with van der Waals surface area (Å²) in [4.78, 5) is 0. The van der Waals surface area contributed by atoms with Gasteiger partial charge in [0, 0.05) is 23.6 Å². The van der Waals surface area contributed by atoms with E-state index in [4.69, 9.17) is 5.73 Å². The summed E-state index contributed by atoms with van der Waals surface area (Å²) in [6.07, 6.45) is 9.57. The van der Waals surface area contributed by atoms with E-state index in [9.17, 15) is 0 Å². The Labute approximate surface area is 131 Å². The van der Waals surface area contributed by atoms with E-state index in [1.165, 1.54) is 0 Å². The topological polar surface area (TPSA) is 38.0 Å². The van der Waals surface area contributed by atoms with Gasteiger partial charge < -0.3 is 11.1 Å². The molecule has 2 heteroatoms. The minimum absolute atomic E-state index is 0.0600. The van der Waals surface area contributed by atoms with Gasteiger partial charge in [0.2, 0.25) is 0 Å². The Morgan fingerprint density at radius 2 is 1.95 bits per heavy atom.